The Morgan fingerprint density at radius 2 is 2.18 bits per heavy atom. The number of carbonyl (C=O) groups excluding carboxylic acids is 1. The molecule has 1 aromatic rings. The van der Waals surface area contributed by atoms with E-state index in [0.717, 1.165) is 3.57 Å². The monoisotopic (exact) mass is 337 g/mol. The number of halogens is 1. The molecule has 0 aliphatic carbocycles. The maximum absolute atomic E-state index is 12.0. The van der Waals surface area contributed by atoms with Crippen molar-refractivity contribution in [1.82, 2.24) is 0 Å². The summed E-state index contributed by atoms with van der Waals surface area (Å²) in [5.41, 5.74) is -0.154. The maximum Gasteiger partial charge on any atom is 0.250 e. The number of rotatable bonds is 1. The minimum Gasteiger partial charge on any atom is -0.324 e. The first-order valence-corrected chi connectivity index (χ1v) is 6.06. The fraction of sp³-hybridized carbons (Fsp3) is 0.250. The minimum atomic E-state index is -1.38. The highest BCUT2D eigenvalue weighted by Gasteiger charge is 2.51. The molecule has 1 heterocycles. The van der Waals surface area contributed by atoms with Gasteiger partial charge >= 0.3 is 0 Å². The SMILES string of the molecule is CC(C#N)C1(C#N)C(=O)Nc2cc(I)ccc21. The Bertz CT molecular complexity index is 584. The summed E-state index contributed by atoms with van der Waals surface area (Å²) in [6.07, 6.45) is 0. The van der Waals surface area contributed by atoms with E-state index >= 15 is 0 Å². The maximum atomic E-state index is 12.0. The number of nitrogens with zero attached hydrogens (tertiary/aromatic N) is 2. The van der Waals surface area contributed by atoms with Crippen molar-refractivity contribution in [1.29, 1.82) is 10.5 Å². The van der Waals surface area contributed by atoms with Gasteiger partial charge in [0.2, 0.25) is 0 Å². The second-order valence-corrected chi connectivity index (χ2v) is 5.16. The van der Waals surface area contributed by atoms with Gasteiger partial charge in [-0.2, -0.15) is 10.5 Å². The molecule has 0 bridgehead atoms. The van der Waals surface area contributed by atoms with Crippen LogP contribution in [0.25, 0.3) is 0 Å². The van der Waals surface area contributed by atoms with E-state index in [1.54, 1.807) is 19.1 Å². The summed E-state index contributed by atoms with van der Waals surface area (Å²) < 4.78 is 0.972. The molecule has 1 N–H and O–H groups in total. The van der Waals surface area contributed by atoms with Crippen LogP contribution in [0, 0.1) is 32.2 Å². The first-order valence-electron chi connectivity index (χ1n) is 4.98. The molecule has 2 atom stereocenters. The summed E-state index contributed by atoms with van der Waals surface area (Å²) in [6.45, 7) is 1.59. The van der Waals surface area contributed by atoms with E-state index in [1.165, 1.54) is 0 Å². The zero-order valence-electron chi connectivity index (χ0n) is 8.99. The smallest absolute Gasteiger partial charge is 0.250 e. The second kappa shape index (κ2) is 4.01. The lowest BCUT2D eigenvalue weighted by molar-refractivity contribution is -0.119. The fourth-order valence-electron chi connectivity index (χ4n) is 2.04. The minimum absolute atomic E-state index is 0.411. The predicted molar refractivity (Wildman–Crippen MR) is 69.9 cm³/mol. The van der Waals surface area contributed by atoms with Crippen molar-refractivity contribution < 1.29 is 4.79 Å². The standard InChI is InChI=1S/C12H8IN3O/c1-7(5-14)12(6-15)9-3-2-8(13)4-10(9)16-11(12)17/h2-4,7H,1H3,(H,16,17). The van der Waals surface area contributed by atoms with Crippen molar-refractivity contribution in [3.8, 4) is 12.1 Å². The average molecular weight is 337 g/mol. The molecule has 1 amide bonds. The van der Waals surface area contributed by atoms with Crippen LogP contribution in [0.15, 0.2) is 18.2 Å². The van der Waals surface area contributed by atoms with Gasteiger partial charge in [0.15, 0.2) is 5.41 Å². The van der Waals surface area contributed by atoms with Crippen molar-refractivity contribution in [2.75, 3.05) is 5.32 Å². The predicted octanol–water partition coefficient (Wildman–Crippen LogP) is 2.16. The van der Waals surface area contributed by atoms with Crippen LogP contribution in [0.5, 0.6) is 0 Å². The number of nitriles is 2. The highest BCUT2D eigenvalue weighted by Crippen LogP contribution is 2.42. The molecule has 1 aliphatic heterocycles. The van der Waals surface area contributed by atoms with Crippen LogP contribution in [-0.2, 0) is 10.2 Å². The number of carbonyl (C=O) groups is 1. The molecule has 5 heteroatoms. The van der Waals surface area contributed by atoms with E-state index in [0.29, 0.717) is 11.3 Å². The Balaban J connectivity index is 2.70. The molecule has 84 valence electrons. The van der Waals surface area contributed by atoms with Gasteiger partial charge in [-0.05, 0) is 41.6 Å². The number of hydrogen-bond acceptors (Lipinski definition) is 3. The Hall–Kier alpha value is -1.60. The molecule has 0 fully saturated rings. The van der Waals surface area contributed by atoms with Crippen LogP contribution in [0.1, 0.15) is 12.5 Å². The van der Waals surface area contributed by atoms with E-state index in [2.05, 4.69) is 27.9 Å². The quantitative estimate of drug-likeness (QED) is 0.798. The summed E-state index contributed by atoms with van der Waals surface area (Å²) >= 11 is 2.13. The number of benzene rings is 1. The summed E-state index contributed by atoms with van der Waals surface area (Å²) in [7, 11) is 0. The van der Waals surface area contributed by atoms with Gasteiger partial charge in [0.1, 0.15) is 0 Å². The lowest BCUT2D eigenvalue weighted by Gasteiger charge is -2.21. The van der Waals surface area contributed by atoms with Crippen LogP contribution in [0.4, 0.5) is 5.69 Å². The van der Waals surface area contributed by atoms with Gasteiger partial charge in [0.25, 0.3) is 5.91 Å². The molecule has 0 saturated carbocycles. The lowest BCUT2D eigenvalue weighted by atomic mass is 9.73. The van der Waals surface area contributed by atoms with Crippen molar-refractivity contribution in [2.45, 2.75) is 12.3 Å². The summed E-state index contributed by atoms with van der Waals surface area (Å²) in [5.74, 6) is -1.10. The molecule has 4 nitrogen and oxygen atoms in total. The number of anilines is 1. The van der Waals surface area contributed by atoms with E-state index < -0.39 is 17.2 Å². The van der Waals surface area contributed by atoms with Crippen molar-refractivity contribution >= 4 is 34.2 Å². The van der Waals surface area contributed by atoms with Gasteiger partial charge in [-0.3, -0.25) is 4.79 Å². The first kappa shape index (κ1) is 11.9. The summed E-state index contributed by atoms with van der Waals surface area (Å²) in [5, 5.41) is 21.0. The van der Waals surface area contributed by atoms with Gasteiger partial charge in [0, 0.05) is 14.8 Å². The Labute approximate surface area is 112 Å². The third-order valence-corrected chi connectivity index (χ3v) is 3.70. The third-order valence-electron chi connectivity index (χ3n) is 3.03. The highest BCUT2D eigenvalue weighted by atomic mass is 127. The molecular weight excluding hydrogens is 329 g/mol. The Morgan fingerprint density at radius 1 is 1.47 bits per heavy atom. The molecular formula is C12H8IN3O. The fourth-order valence-corrected chi connectivity index (χ4v) is 2.53. The highest BCUT2D eigenvalue weighted by molar-refractivity contribution is 14.1. The van der Waals surface area contributed by atoms with Gasteiger partial charge in [-0.1, -0.05) is 6.07 Å². The molecule has 0 saturated heterocycles. The zero-order valence-corrected chi connectivity index (χ0v) is 11.1. The molecule has 0 radical (unpaired) electrons. The topological polar surface area (TPSA) is 76.7 Å². The number of fused-ring (bicyclic) bond motifs is 1. The van der Waals surface area contributed by atoms with E-state index in [-0.39, 0.29) is 0 Å². The lowest BCUT2D eigenvalue weighted by Crippen LogP contribution is -2.38. The molecule has 1 aromatic carbocycles. The Morgan fingerprint density at radius 3 is 2.76 bits per heavy atom. The second-order valence-electron chi connectivity index (χ2n) is 3.91. The first-order chi connectivity index (χ1) is 8.06. The molecule has 0 spiro atoms. The van der Waals surface area contributed by atoms with Crippen molar-refractivity contribution in [2.24, 2.45) is 5.92 Å². The average Bonchev–Trinajstić information content (AvgIpc) is 2.59. The van der Waals surface area contributed by atoms with Crippen LogP contribution >= 0.6 is 22.6 Å². The van der Waals surface area contributed by atoms with E-state index in [4.69, 9.17) is 5.26 Å². The molecule has 17 heavy (non-hydrogen) atoms. The van der Waals surface area contributed by atoms with Gasteiger partial charge in [-0.25, -0.2) is 0 Å². The van der Waals surface area contributed by atoms with E-state index in [1.807, 2.05) is 18.2 Å². The van der Waals surface area contributed by atoms with Crippen molar-refractivity contribution in [3.63, 3.8) is 0 Å². The van der Waals surface area contributed by atoms with Crippen LogP contribution in [0.3, 0.4) is 0 Å². The number of nitrogens with one attached hydrogen (secondary N) is 1. The van der Waals surface area contributed by atoms with E-state index in [9.17, 15) is 10.1 Å². The normalized spacial score (nSPS) is 23.2. The summed E-state index contributed by atoms with van der Waals surface area (Å²) in [4.78, 5) is 12.0. The van der Waals surface area contributed by atoms with Crippen LogP contribution in [0.2, 0.25) is 0 Å². The van der Waals surface area contributed by atoms with Gasteiger partial charge in [-0.15, -0.1) is 0 Å². The summed E-state index contributed by atoms with van der Waals surface area (Å²) in [6, 6.07) is 9.39. The van der Waals surface area contributed by atoms with Gasteiger partial charge in [0.05, 0.1) is 18.1 Å². The largest absolute Gasteiger partial charge is 0.324 e. The third kappa shape index (κ3) is 1.50. The molecule has 2 rings (SSSR count). The molecule has 2 unspecified atom stereocenters. The number of amides is 1. The molecule has 0 aromatic heterocycles. The zero-order chi connectivity index (χ0) is 12.6. The molecule has 1 aliphatic rings. The Kier molecular flexibility index (Phi) is 2.80. The van der Waals surface area contributed by atoms with Crippen LogP contribution in [-0.4, -0.2) is 5.91 Å². The van der Waals surface area contributed by atoms with Crippen LogP contribution < -0.4 is 5.32 Å². The number of hydrogen-bond donors (Lipinski definition) is 1. The van der Waals surface area contributed by atoms with Gasteiger partial charge < -0.3 is 5.32 Å². The van der Waals surface area contributed by atoms with Crippen molar-refractivity contribution in [3.05, 3.63) is 27.3 Å².